The van der Waals surface area contributed by atoms with E-state index < -0.39 is 10.0 Å². The molecule has 2 N–H and O–H groups in total. The van der Waals surface area contributed by atoms with Crippen molar-refractivity contribution in [1.82, 2.24) is 14.9 Å². The Bertz CT molecular complexity index is 1110. The molecule has 0 aromatic heterocycles. The topological polar surface area (TPSA) is 87.7 Å². The molecule has 2 heterocycles. The fourth-order valence-electron chi connectivity index (χ4n) is 4.29. The van der Waals surface area contributed by atoms with Crippen LogP contribution in [0.3, 0.4) is 0 Å². The molecular formula is C24H29Cl2N3O4S. The van der Waals surface area contributed by atoms with E-state index in [0.29, 0.717) is 34.3 Å². The number of nitrogens with one attached hydrogen (secondary N) is 2. The van der Waals surface area contributed by atoms with Crippen LogP contribution in [-0.4, -0.2) is 57.0 Å². The van der Waals surface area contributed by atoms with E-state index in [2.05, 4.69) is 10.6 Å². The summed E-state index contributed by atoms with van der Waals surface area (Å²) in [4.78, 5) is 12.9. The molecule has 2 fully saturated rings. The number of amides is 1. The Hall–Kier alpha value is -1.84. The standard InChI is InChI=1S/C24H29Cl2N3O4S/c25-22-9-4-17(15-23(22)26)24(30)28-18-3-1-2-14-29(16-18)34(31,32)21-7-5-19(6-8-21)33-20-10-12-27-13-11-20/h4-9,15,18,20,27H,1-3,10-14,16H2,(H,28,30). The van der Waals surface area contributed by atoms with Crippen LogP contribution in [0.4, 0.5) is 0 Å². The molecule has 2 saturated heterocycles. The molecule has 2 aliphatic rings. The van der Waals surface area contributed by atoms with E-state index in [1.54, 1.807) is 36.4 Å². The van der Waals surface area contributed by atoms with Crippen LogP contribution < -0.4 is 15.4 Å². The highest BCUT2D eigenvalue weighted by atomic mass is 35.5. The number of hydrogen-bond acceptors (Lipinski definition) is 5. The smallest absolute Gasteiger partial charge is 0.251 e. The van der Waals surface area contributed by atoms with Crippen molar-refractivity contribution < 1.29 is 17.9 Å². The van der Waals surface area contributed by atoms with E-state index in [9.17, 15) is 13.2 Å². The first kappa shape index (κ1) is 25.3. The molecule has 1 amide bonds. The number of rotatable bonds is 6. The van der Waals surface area contributed by atoms with Crippen molar-refractivity contribution in [1.29, 1.82) is 0 Å². The number of carbonyl (C=O) groups excluding carboxylic acids is 1. The SMILES string of the molecule is O=C(NC1CCCCN(S(=O)(=O)c2ccc(OC3CCNCC3)cc2)C1)c1ccc(Cl)c(Cl)c1. The van der Waals surface area contributed by atoms with Crippen LogP contribution in [-0.2, 0) is 10.0 Å². The van der Waals surface area contributed by atoms with Crippen molar-refractivity contribution in [2.75, 3.05) is 26.2 Å². The summed E-state index contributed by atoms with van der Waals surface area (Å²) in [6, 6.07) is 11.0. The molecule has 2 aromatic carbocycles. The summed E-state index contributed by atoms with van der Waals surface area (Å²) in [5, 5.41) is 6.93. The molecule has 2 aliphatic heterocycles. The minimum absolute atomic E-state index is 0.147. The number of sulfonamides is 1. The molecule has 184 valence electrons. The van der Waals surface area contributed by atoms with Crippen LogP contribution in [0.1, 0.15) is 42.5 Å². The fraction of sp³-hybridized carbons (Fsp3) is 0.458. The Balaban J connectivity index is 1.42. The highest BCUT2D eigenvalue weighted by Crippen LogP contribution is 2.25. The number of ether oxygens (including phenoxy) is 1. The molecule has 0 bridgehead atoms. The van der Waals surface area contributed by atoms with Gasteiger partial charge in [0.05, 0.1) is 14.9 Å². The predicted molar refractivity (Wildman–Crippen MR) is 133 cm³/mol. The minimum Gasteiger partial charge on any atom is -0.490 e. The third kappa shape index (κ3) is 6.23. The third-order valence-corrected chi connectivity index (χ3v) is 8.82. The molecule has 10 heteroatoms. The molecule has 34 heavy (non-hydrogen) atoms. The number of nitrogens with zero attached hydrogens (tertiary/aromatic N) is 1. The third-order valence-electron chi connectivity index (χ3n) is 6.20. The van der Waals surface area contributed by atoms with Crippen molar-refractivity contribution in [2.24, 2.45) is 0 Å². The summed E-state index contributed by atoms with van der Waals surface area (Å²) < 4.78 is 34.2. The van der Waals surface area contributed by atoms with Gasteiger partial charge in [0, 0.05) is 24.7 Å². The Kier molecular flexibility index (Phi) is 8.37. The summed E-state index contributed by atoms with van der Waals surface area (Å²) in [6.45, 7) is 2.47. The van der Waals surface area contributed by atoms with Gasteiger partial charge < -0.3 is 15.4 Å². The molecule has 7 nitrogen and oxygen atoms in total. The van der Waals surface area contributed by atoms with Gasteiger partial charge in [-0.05, 0) is 81.2 Å². The van der Waals surface area contributed by atoms with Gasteiger partial charge in [-0.3, -0.25) is 4.79 Å². The number of halogens is 2. The van der Waals surface area contributed by atoms with Crippen LogP contribution in [0.25, 0.3) is 0 Å². The Morgan fingerprint density at radius 1 is 1.00 bits per heavy atom. The maximum absolute atomic E-state index is 13.4. The van der Waals surface area contributed by atoms with E-state index in [1.165, 1.54) is 10.4 Å². The fourth-order valence-corrected chi connectivity index (χ4v) is 6.12. The van der Waals surface area contributed by atoms with Crippen LogP contribution in [0, 0.1) is 0 Å². The average molecular weight is 526 g/mol. The molecule has 0 spiro atoms. The molecule has 1 unspecified atom stereocenters. The minimum atomic E-state index is -3.70. The first-order chi connectivity index (χ1) is 16.3. The van der Waals surface area contributed by atoms with E-state index in [0.717, 1.165) is 38.8 Å². The highest BCUT2D eigenvalue weighted by molar-refractivity contribution is 7.89. The van der Waals surface area contributed by atoms with Gasteiger partial charge in [0.25, 0.3) is 5.91 Å². The monoisotopic (exact) mass is 525 g/mol. The number of benzene rings is 2. The molecule has 1 atom stereocenters. The lowest BCUT2D eigenvalue weighted by Gasteiger charge is -2.25. The maximum Gasteiger partial charge on any atom is 0.251 e. The molecule has 4 rings (SSSR count). The van der Waals surface area contributed by atoms with Gasteiger partial charge in [-0.15, -0.1) is 0 Å². The Morgan fingerprint density at radius 2 is 1.74 bits per heavy atom. The Morgan fingerprint density at radius 3 is 2.44 bits per heavy atom. The quantitative estimate of drug-likeness (QED) is 0.592. The molecule has 2 aromatic rings. The van der Waals surface area contributed by atoms with Gasteiger partial charge in [0.15, 0.2) is 0 Å². The molecule has 0 aliphatic carbocycles. The van der Waals surface area contributed by atoms with E-state index in [1.807, 2.05) is 0 Å². The summed E-state index contributed by atoms with van der Waals surface area (Å²) in [5.74, 6) is 0.371. The van der Waals surface area contributed by atoms with Crippen molar-refractivity contribution in [3.63, 3.8) is 0 Å². The number of hydrogen-bond donors (Lipinski definition) is 2. The second-order valence-electron chi connectivity index (χ2n) is 8.70. The predicted octanol–water partition coefficient (Wildman–Crippen LogP) is 4.10. The average Bonchev–Trinajstić information content (AvgIpc) is 3.08. The maximum atomic E-state index is 13.4. The van der Waals surface area contributed by atoms with E-state index in [-0.39, 0.29) is 29.5 Å². The Labute approximate surface area is 210 Å². The first-order valence-corrected chi connectivity index (χ1v) is 13.8. The van der Waals surface area contributed by atoms with Gasteiger partial charge in [-0.1, -0.05) is 29.6 Å². The largest absolute Gasteiger partial charge is 0.490 e. The summed E-state index contributed by atoms with van der Waals surface area (Å²) in [6.07, 6.45) is 4.26. The van der Waals surface area contributed by atoms with Crippen molar-refractivity contribution in [3.8, 4) is 5.75 Å². The van der Waals surface area contributed by atoms with Crippen LogP contribution >= 0.6 is 23.2 Å². The normalized spacial score (nSPS) is 20.5. The van der Waals surface area contributed by atoms with Gasteiger partial charge in [0.2, 0.25) is 10.0 Å². The van der Waals surface area contributed by atoms with Crippen molar-refractivity contribution in [2.45, 2.75) is 49.1 Å². The van der Waals surface area contributed by atoms with Crippen LogP contribution in [0.5, 0.6) is 5.75 Å². The van der Waals surface area contributed by atoms with Crippen LogP contribution in [0.2, 0.25) is 10.0 Å². The van der Waals surface area contributed by atoms with E-state index in [4.69, 9.17) is 27.9 Å². The molecular weight excluding hydrogens is 497 g/mol. The second-order valence-corrected chi connectivity index (χ2v) is 11.4. The van der Waals surface area contributed by atoms with Crippen LogP contribution in [0.15, 0.2) is 47.4 Å². The van der Waals surface area contributed by atoms with E-state index >= 15 is 0 Å². The summed E-state index contributed by atoms with van der Waals surface area (Å²) >= 11 is 12.0. The summed E-state index contributed by atoms with van der Waals surface area (Å²) in [7, 11) is -3.70. The first-order valence-electron chi connectivity index (χ1n) is 11.6. The second kappa shape index (κ2) is 11.3. The zero-order valence-corrected chi connectivity index (χ0v) is 21.1. The van der Waals surface area contributed by atoms with Gasteiger partial charge in [0.1, 0.15) is 11.9 Å². The van der Waals surface area contributed by atoms with Crippen molar-refractivity contribution >= 4 is 39.1 Å². The summed E-state index contributed by atoms with van der Waals surface area (Å²) in [5.41, 5.74) is 0.386. The lowest BCUT2D eigenvalue weighted by atomic mass is 10.1. The van der Waals surface area contributed by atoms with Gasteiger partial charge in [-0.2, -0.15) is 4.31 Å². The molecule has 0 saturated carbocycles. The highest BCUT2D eigenvalue weighted by Gasteiger charge is 2.30. The van der Waals surface area contributed by atoms with Gasteiger partial charge in [-0.25, -0.2) is 8.42 Å². The van der Waals surface area contributed by atoms with Crippen molar-refractivity contribution in [3.05, 3.63) is 58.1 Å². The number of carbonyl (C=O) groups is 1. The zero-order valence-electron chi connectivity index (χ0n) is 18.8. The van der Waals surface area contributed by atoms with Gasteiger partial charge >= 0.3 is 0 Å². The lowest BCUT2D eigenvalue weighted by molar-refractivity contribution is 0.0932. The number of piperidine rings is 1. The molecule has 0 radical (unpaired) electrons. The zero-order chi connectivity index (χ0) is 24.1. The lowest BCUT2D eigenvalue weighted by Crippen LogP contribution is -2.44.